The van der Waals surface area contributed by atoms with Crippen molar-refractivity contribution in [3.05, 3.63) is 77.4 Å². The van der Waals surface area contributed by atoms with Gasteiger partial charge in [0.1, 0.15) is 5.75 Å². The van der Waals surface area contributed by atoms with Gasteiger partial charge in [-0.05, 0) is 86.9 Å². The average Bonchev–Trinajstić information content (AvgIpc) is 3.35. The van der Waals surface area contributed by atoms with E-state index in [4.69, 9.17) is 21.9 Å². The molecule has 2 atom stereocenters. The summed E-state index contributed by atoms with van der Waals surface area (Å²) in [7, 11) is 1.69. The van der Waals surface area contributed by atoms with E-state index in [-0.39, 0.29) is 12.1 Å². The molecule has 1 aromatic carbocycles. The van der Waals surface area contributed by atoms with E-state index in [1.807, 2.05) is 30.5 Å². The second-order valence-corrected chi connectivity index (χ2v) is 9.57. The fraction of sp³-hybridized carbons (Fsp3) is 0.407. The van der Waals surface area contributed by atoms with Gasteiger partial charge in [-0.1, -0.05) is 25.3 Å². The number of nitrogens with zero attached hydrogens (tertiary/aromatic N) is 3. The minimum Gasteiger partial charge on any atom is -0.497 e. The van der Waals surface area contributed by atoms with Crippen molar-refractivity contribution in [3.63, 3.8) is 0 Å². The first-order valence-electron chi connectivity index (χ1n) is 11.9. The number of hydrogen-bond donors (Lipinski definition) is 1. The third kappa shape index (κ3) is 4.01. The van der Waals surface area contributed by atoms with Crippen LogP contribution in [0, 0.1) is 13.8 Å². The summed E-state index contributed by atoms with van der Waals surface area (Å²) in [6, 6.07) is 17.2. The predicted octanol–water partition coefficient (Wildman–Crippen LogP) is 6.19. The molecule has 0 bridgehead atoms. The highest BCUT2D eigenvalue weighted by molar-refractivity contribution is 7.80. The molecule has 3 heterocycles. The number of rotatable bonds is 5. The Kier molecular flexibility index (Phi) is 6.11. The molecule has 0 unspecified atom stereocenters. The molecular formula is C27H32N4OS. The van der Waals surface area contributed by atoms with Gasteiger partial charge in [0.25, 0.3) is 0 Å². The van der Waals surface area contributed by atoms with Crippen LogP contribution in [0.25, 0.3) is 0 Å². The number of anilines is 1. The number of benzene rings is 1. The van der Waals surface area contributed by atoms with Crippen LogP contribution in [-0.2, 0) is 0 Å². The van der Waals surface area contributed by atoms with E-state index < -0.39 is 0 Å². The van der Waals surface area contributed by atoms with Crippen molar-refractivity contribution >= 4 is 23.0 Å². The lowest BCUT2D eigenvalue weighted by Crippen LogP contribution is -2.29. The number of pyridine rings is 1. The molecule has 5 rings (SSSR count). The average molecular weight is 461 g/mol. The normalized spacial score (nSPS) is 21.3. The van der Waals surface area contributed by atoms with Crippen molar-refractivity contribution in [1.82, 2.24) is 14.9 Å². The van der Waals surface area contributed by atoms with Crippen LogP contribution in [-0.4, -0.2) is 21.8 Å². The largest absolute Gasteiger partial charge is 0.497 e. The molecule has 5 nitrogen and oxygen atoms in total. The van der Waals surface area contributed by atoms with Crippen molar-refractivity contribution in [3.8, 4) is 5.75 Å². The Morgan fingerprint density at radius 3 is 2.45 bits per heavy atom. The lowest BCUT2D eigenvalue weighted by molar-refractivity contribution is 0.345. The number of aromatic nitrogens is 2. The summed E-state index contributed by atoms with van der Waals surface area (Å²) in [4.78, 5) is 6.95. The quantitative estimate of drug-likeness (QED) is 0.460. The van der Waals surface area contributed by atoms with Gasteiger partial charge in [0.15, 0.2) is 5.11 Å². The predicted molar refractivity (Wildman–Crippen MR) is 137 cm³/mol. The summed E-state index contributed by atoms with van der Waals surface area (Å²) in [5.41, 5.74) is 6.05. The molecule has 1 saturated carbocycles. The third-order valence-electron chi connectivity index (χ3n) is 7.23. The van der Waals surface area contributed by atoms with Crippen LogP contribution in [0.5, 0.6) is 5.75 Å². The Bertz CT molecular complexity index is 1120. The van der Waals surface area contributed by atoms with Gasteiger partial charge in [0, 0.05) is 29.3 Å². The summed E-state index contributed by atoms with van der Waals surface area (Å²) in [6.07, 6.45) is 8.39. The molecule has 1 aliphatic carbocycles. The van der Waals surface area contributed by atoms with Gasteiger partial charge in [0.2, 0.25) is 0 Å². The van der Waals surface area contributed by atoms with Crippen LogP contribution in [0.15, 0.2) is 54.7 Å². The van der Waals surface area contributed by atoms with E-state index in [0.29, 0.717) is 6.04 Å². The molecule has 172 valence electrons. The van der Waals surface area contributed by atoms with Crippen LogP contribution in [0.1, 0.15) is 72.9 Å². The van der Waals surface area contributed by atoms with Gasteiger partial charge in [-0.15, -0.1) is 0 Å². The van der Waals surface area contributed by atoms with Gasteiger partial charge >= 0.3 is 0 Å². The van der Waals surface area contributed by atoms with E-state index in [9.17, 15) is 0 Å². The molecule has 1 aliphatic heterocycles. The number of ether oxygens (including phenoxy) is 1. The number of aryl methyl sites for hydroxylation is 1. The van der Waals surface area contributed by atoms with Crippen LogP contribution in [0.4, 0.5) is 5.69 Å². The Hall–Kier alpha value is -2.86. The van der Waals surface area contributed by atoms with Crippen molar-refractivity contribution in [2.45, 2.75) is 64.1 Å². The van der Waals surface area contributed by atoms with Crippen molar-refractivity contribution in [1.29, 1.82) is 0 Å². The summed E-state index contributed by atoms with van der Waals surface area (Å²) in [5, 5.41) is 4.31. The second-order valence-electron chi connectivity index (χ2n) is 9.18. The number of nitrogens with one attached hydrogen (secondary N) is 1. The van der Waals surface area contributed by atoms with E-state index in [1.54, 1.807) is 7.11 Å². The maximum atomic E-state index is 5.89. The molecule has 1 N–H and O–H groups in total. The Balaban J connectivity index is 1.61. The van der Waals surface area contributed by atoms with Gasteiger partial charge in [-0.25, -0.2) is 0 Å². The zero-order valence-corrected chi connectivity index (χ0v) is 20.4. The Morgan fingerprint density at radius 1 is 1.03 bits per heavy atom. The SMILES string of the molecule is COc1ccc(N2C(=S)N[C@H](c3ccccn3)[C@@H]2c2cc(C)n(C3CCCCC3)c2C)cc1. The number of hydrogen-bond acceptors (Lipinski definition) is 3. The molecule has 2 fully saturated rings. The lowest BCUT2D eigenvalue weighted by atomic mass is 9.94. The standard InChI is InChI=1S/C27H32N4OS/c1-18-17-23(19(2)30(18)20-9-5-4-6-10-20)26-25(24-11-7-8-16-28-24)29-27(33)31(26)21-12-14-22(32-3)15-13-21/h7-8,11-17,20,25-26H,4-6,9-10H2,1-3H3,(H,29,33)/t25-,26+/m1/s1. The molecule has 1 saturated heterocycles. The topological polar surface area (TPSA) is 42.3 Å². The molecule has 0 radical (unpaired) electrons. The third-order valence-corrected chi connectivity index (χ3v) is 7.55. The van der Waals surface area contributed by atoms with Crippen LogP contribution in [0.2, 0.25) is 0 Å². The van der Waals surface area contributed by atoms with Crippen molar-refractivity contribution < 1.29 is 4.74 Å². The van der Waals surface area contributed by atoms with Gasteiger partial charge in [-0.3, -0.25) is 4.98 Å². The van der Waals surface area contributed by atoms with E-state index in [1.165, 1.54) is 49.1 Å². The number of methoxy groups -OCH3 is 1. The summed E-state index contributed by atoms with van der Waals surface area (Å²) in [6.45, 7) is 4.53. The molecule has 33 heavy (non-hydrogen) atoms. The van der Waals surface area contributed by atoms with Crippen LogP contribution < -0.4 is 15.0 Å². The summed E-state index contributed by atoms with van der Waals surface area (Å²) >= 11 is 5.89. The van der Waals surface area contributed by atoms with Gasteiger partial charge in [0.05, 0.1) is 24.9 Å². The molecule has 2 aromatic heterocycles. The monoisotopic (exact) mass is 460 g/mol. The van der Waals surface area contributed by atoms with Crippen molar-refractivity contribution in [2.75, 3.05) is 12.0 Å². The van der Waals surface area contributed by atoms with Crippen LogP contribution >= 0.6 is 12.2 Å². The minimum absolute atomic E-state index is 0.0179. The molecule has 6 heteroatoms. The Morgan fingerprint density at radius 2 is 1.79 bits per heavy atom. The highest BCUT2D eigenvalue weighted by Gasteiger charge is 2.42. The minimum atomic E-state index is -0.0268. The number of thiocarbonyl (C=S) groups is 1. The fourth-order valence-electron chi connectivity index (χ4n) is 5.69. The molecular weight excluding hydrogens is 428 g/mol. The molecule has 0 amide bonds. The molecule has 3 aromatic rings. The van der Waals surface area contributed by atoms with Crippen molar-refractivity contribution in [2.24, 2.45) is 0 Å². The first kappa shape index (κ1) is 22.0. The molecule has 0 spiro atoms. The highest BCUT2D eigenvalue weighted by Crippen LogP contribution is 2.44. The Labute approximate surface area is 201 Å². The summed E-state index contributed by atoms with van der Waals surface area (Å²) < 4.78 is 7.97. The zero-order chi connectivity index (χ0) is 22.9. The zero-order valence-electron chi connectivity index (χ0n) is 19.6. The molecule has 2 aliphatic rings. The summed E-state index contributed by atoms with van der Waals surface area (Å²) in [5.74, 6) is 0.838. The van der Waals surface area contributed by atoms with Gasteiger partial charge < -0.3 is 19.5 Å². The first-order chi connectivity index (χ1) is 16.1. The highest BCUT2D eigenvalue weighted by atomic mass is 32.1. The van der Waals surface area contributed by atoms with E-state index in [2.05, 4.69) is 52.9 Å². The van der Waals surface area contributed by atoms with E-state index in [0.717, 1.165) is 22.2 Å². The van der Waals surface area contributed by atoms with Gasteiger partial charge in [-0.2, -0.15) is 0 Å². The first-order valence-corrected chi connectivity index (χ1v) is 12.3. The maximum absolute atomic E-state index is 5.89. The smallest absolute Gasteiger partial charge is 0.174 e. The van der Waals surface area contributed by atoms with Crippen LogP contribution in [0.3, 0.4) is 0 Å². The second kappa shape index (κ2) is 9.18. The maximum Gasteiger partial charge on any atom is 0.174 e. The van der Waals surface area contributed by atoms with E-state index >= 15 is 0 Å². The lowest BCUT2D eigenvalue weighted by Gasteiger charge is -2.30. The fourth-order valence-corrected chi connectivity index (χ4v) is 6.04.